The highest BCUT2D eigenvalue weighted by atomic mass is 32.2. The first-order chi connectivity index (χ1) is 15.1. The standard InChI is InChI=1S/C26H22N2O2S/c1-18-6-2-5-9-24(18)28-25(29)17-31-23-14-12-22(13-15-23)27-26(30)21-11-10-19-7-3-4-8-20(19)16-21/h2-16H,17H2,1H3,(H,27,30)(H,28,29). The maximum atomic E-state index is 12.6. The van der Waals surface area contributed by atoms with Gasteiger partial charge in [0.05, 0.1) is 5.75 Å². The van der Waals surface area contributed by atoms with Gasteiger partial charge in [0.25, 0.3) is 5.91 Å². The van der Waals surface area contributed by atoms with Gasteiger partial charge in [0.2, 0.25) is 5.91 Å². The molecule has 0 aliphatic carbocycles. The second kappa shape index (κ2) is 9.49. The van der Waals surface area contributed by atoms with Crippen LogP contribution >= 0.6 is 11.8 Å². The summed E-state index contributed by atoms with van der Waals surface area (Å²) >= 11 is 1.45. The zero-order chi connectivity index (χ0) is 21.6. The van der Waals surface area contributed by atoms with Crippen molar-refractivity contribution in [2.45, 2.75) is 11.8 Å². The van der Waals surface area contributed by atoms with Crippen LogP contribution in [0.25, 0.3) is 10.8 Å². The van der Waals surface area contributed by atoms with Crippen molar-refractivity contribution in [1.82, 2.24) is 0 Å². The molecule has 0 atom stereocenters. The fourth-order valence-corrected chi connectivity index (χ4v) is 3.92. The first kappa shape index (κ1) is 20.7. The van der Waals surface area contributed by atoms with E-state index in [9.17, 15) is 9.59 Å². The molecule has 0 aromatic heterocycles. The van der Waals surface area contributed by atoms with E-state index in [1.165, 1.54) is 11.8 Å². The summed E-state index contributed by atoms with van der Waals surface area (Å²) in [5, 5.41) is 8.00. The minimum Gasteiger partial charge on any atom is -0.325 e. The fourth-order valence-electron chi connectivity index (χ4n) is 3.22. The Morgan fingerprint density at radius 1 is 0.774 bits per heavy atom. The summed E-state index contributed by atoms with van der Waals surface area (Å²) in [5.74, 6) is 0.119. The van der Waals surface area contributed by atoms with Crippen molar-refractivity contribution in [3.63, 3.8) is 0 Å². The highest BCUT2D eigenvalue weighted by Crippen LogP contribution is 2.22. The fraction of sp³-hybridized carbons (Fsp3) is 0.0769. The molecule has 4 aromatic carbocycles. The molecule has 0 saturated heterocycles. The molecule has 4 nitrogen and oxygen atoms in total. The van der Waals surface area contributed by atoms with Gasteiger partial charge in [-0.05, 0) is 65.7 Å². The Labute approximate surface area is 185 Å². The van der Waals surface area contributed by atoms with E-state index in [0.29, 0.717) is 17.0 Å². The number of carbonyl (C=O) groups excluding carboxylic acids is 2. The average Bonchev–Trinajstić information content (AvgIpc) is 2.80. The van der Waals surface area contributed by atoms with Crippen LogP contribution in [0.15, 0.2) is 95.9 Å². The summed E-state index contributed by atoms with van der Waals surface area (Å²) in [7, 11) is 0. The van der Waals surface area contributed by atoms with Gasteiger partial charge in [-0.15, -0.1) is 11.8 Å². The zero-order valence-electron chi connectivity index (χ0n) is 17.1. The Balaban J connectivity index is 1.32. The van der Waals surface area contributed by atoms with E-state index < -0.39 is 0 Å². The second-order valence-electron chi connectivity index (χ2n) is 7.19. The predicted molar refractivity (Wildman–Crippen MR) is 129 cm³/mol. The van der Waals surface area contributed by atoms with E-state index in [0.717, 1.165) is 26.9 Å². The smallest absolute Gasteiger partial charge is 0.255 e. The number of fused-ring (bicyclic) bond motifs is 1. The molecule has 4 rings (SSSR count). The first-order valence-corrected chi connectivity index (χ1v) is 11.0. The zero-order valence-corrected chi connectivity index (χ0v) is 17.9. The van der Waals surface area contributed by atoms with Gasteiger partial charge in [0.1, 0.15) is 0 Å². The molecule has 0 aliphatic rings. The molecule has 31 heavy (non-hydrogen) atoms. The van der Waals surface area contributed by atoms with Gasteiger partial charge in [-0.3, -0.25) is 9.59 Å². The van der Waals surface area contributed by atoms with Crippen molar-refractivity contribution < 1.29 is 9.59 Å². The summed E-state index contributed by atoms with van der Waals surface area (Å²) in [6.45, 7) is 1.97. The van der Waals surface area contributed by atoms with Gasteiger partial charge in [0, 0.05) is 21.8 Å². The predicted octanol–water partition coefficient (Wildman–Crippen LogP) is 6.13. The summed E-state index contributed by atoms with van der Waals surface area (Å²) in [4.78, 5) is 25.8. The van der Waals surface area contributed by atoms with Crippen LogP contribution in [-0.2, 0) is 4.79 Å². The summed E-state index contributed by atoms with van der Waals surface area (Å²) in [6, 6.07) is 28.8. The van der Waals surface area contributed by atoms with Gasteiger partial charge < -0.3 is 10.6 Å². The van der Waals surface area contributed by atoms with Gasteiger partial charge in [-0.25, -0.2) is 0 Å². The van der Waals surface area contributed by atoms with Crippen LogP contribution in [0.4, 0.5) is 11.4 Å². The molecule has 0 bridgehead atoms. The molecule has 0 heterocycles. The number of aryl methyl sites for hydroxylation is 1. The molecule has 0 saturated carbocycles. The minimum atomic E-state index is -0.149. The van der Waals surface area contributed by atoms with E-state index in [4.69, 9.17) is 0 Å². The van der Waals surface area contributed by atoms with Crippen molar-refractivity contribution in [3.8, 4) is 0 Å². The molecular formula is C26H22N2O2S. The van der Waals surface area contributed by atoms with Gasteiger partial charge in [0.15, 0.2) is 0 Å². The molecule has 5 heteroatoms. The maximum Gasteiger partial charge on any atom is 0.255 e. The van der Waals surface area contributed by atoms with Crippen LogP contribution in [0.5, 0.6) is 0 Å². The SMILES string of the molecule is Cc1ccccc1NC(=O)CSc1ccc(NC(=O)c2ccc3ccccc3c2)cc1. The number of benzene rings is 4. The third-order valence-electron chi connectivity index (χ3n) is 4.91. The number of rotatable bonds is 6. The molecule has 154 valence electrons. The van der Waals surface area contributed by atoms with E-state index in [1.54, 1.807) is 0 Å². The van der Waals surface area contributed by atoms with Crippen LogP contribution in [0, 0.1) is 6.92 Å². The van der Waals surface area contributed by atoms with Crippen LogP contribution in [0.3, 0.4) is 0 Å². The molecule has 0 unspecified atom stereocenters. The van der Waals surface area contributed by atoms with Crippen molar-refractivity contribution in [1.29, 1.82) is 0 Å². The van der Waals surface area contributed by atoms with E-state index in [1.807, 2.05) is 97.9 Å². The normalized spacial score (nSPS) is 10.6. The third-order valence-corrected chi connectivity index (χ3v) is 5.92. The lowest BCUT2D eigenvalue weighted by Crippen LogP contribution is -2.14. The quantitative estimate of drug-likeness (QED) is 0.365. The Kier molecular flexibility index (Phi) is 6.34. The lowest BCUT2D eigenvalue weighted by Gasteiger charge is -2.09. The number of amides is 2. The van der Waals surface area contributed by atoms with Crippen LogP contribution < -0.4 is 10.6 Å². The summed E-state index contributed by atoms with van der Waals surface area (Å²) in [5.41, 5.74) is 3.20. The van der Waals surface area contributed by atoms with Crippen molar-refractivity contribution in [2.24, 2.45) is 0 Å². The molecule has 4 aromatic rings. The molecule has 0 radical (unpaired) electrons. The monoisotopic (exact) mass is 426 g/mol. The molecular weight excluding hydrogens is 404 g/mol. The van der Waals surface area contributed by atoms with E-state index in [-0.39, 0.29) is 11.8 Å². The maximum absolute atomic E-state index is 12.6. The summed E-state index contributed by atoms with van der Waals surface area (Å²) in [6.07, 6.45) is 0. The molecule has 0 aliphatic heterocycles. The first-order valence-electron chi connectivity index (χ1n) is 9.97. The number of para-hydroxylation sites is 1. The number of thioether (sulfide) groups is 1. The minimum absolute atomic E-state index is 0.0482. The molecule has 0 fully saturated rings. The lowest BCUT2D eigenvalue weighted by atomic mass is 10.1. The van der Waals surface area contributed by atoms with Gasteiger partial charge >= 0.3 is 0 Å². The third kappa shape index (κ3) is 5.32. The van der Waals surface area contributed by atoms with Crippen LogP contribution in [0.2, 0.25) is 0 Å². The summed E-state index contributed by atoms with van der Waals surface area (Å²) < 4.78 is 0. The highest BCUT2D eigenvalue weighted by Gasteiger charge is 2.08. The topological polar surface area (TPSA) is 58.2 Å². The number of hydrogen-bond acceptors (Lipinski definition) is 3. The van der Waals surface area contributed by atoms with Crippen molar-refractivity contribution in [3.05, 3.63) is 102 Å². The second-order valence-corrected chi connectivity index (χ2v) is 8.24. The van der Waals surface area contributed by atoms with Crippen LogP contribution in [-0.4, -0.2) is 17.6 Å². The van der Waals surface area contributed by atoms with Gasteiger partial charge in [-0.2, -0.15) is 0 Å². The number of nitrogens with one attached hydrogen (secondary N) is 2. The van der Waals surface area contributed by atoms with Crippen molar-refractivity contribution in [2.75, 3.05) is 16.4 Å². The Morgan fingerprint density at radius 2 is 1.48 bits per heavy atom. The largest absolute Gasteiger partial charge is 0.325 e. The number of hydrogen-bond donors (Lipinski definition) is 2. The molecule has 2 N–H and O–H groups in total. The van der Waals surface area contributed by atoms with Crippen LogP contribution in [0.1, 0.15) is 15.9 Å². The molecule has 2 amide bonds. The average molecular weight is 427 g/mol. The lowest BCUT2D eigenvalue weighted by molar-refractivity contribution is -0.113. The number of carbonyl (C=O) groups is 2. The number of anilines is 2. The van der Waals surface area contributed by atoms with Gasteiger partial charge in [-0.1, -0.05) is 48.5 Å². The van der Waals surface area contributed by atoms with Crippen molar-refractivity contribution >= 4 is 45.7 Å². The molecule has 0 spiro atoms. The van der Waals surface area contributed by atoms with E-state index >= 15 is 0 Å². The Bertz CT molecular complexity index is 1240. The Morgan fingerprint density at radius 3 is 2.26 bits per heavy atom. The highest BCUT2D eigenvalue weighted by molar-refractivity contribution is 8.00. The Hall–Kier alpha value is -3.57. The van der Waals surface area contributed by atoms with E-state index in [2.05, 4.69) is 10.6 Å².